The Labute approximate surface area is 148 Å². The molecule has 5 heteroatoms. The minimum Gasteiger partial charge on any atom is -0.368 e. The smallest absolute Gasteiger partial charge is 0.245 e. The maximum atomic E-state index is 13.6. The Morgan fingerprint density at radius 2 is 1.36 bits per heavy atom. The molecule has 0 radical (unpaired) electrons. The third-order valence-corrected chi connectivity index (χ3v) is 4.78. The summed E-state index contributed by atoms with van der Waals surface area (Å²) in [5, 5.41) is 0. The summed E-state index contributed by atoms with van der Waals surface area (Å²) in [5.41, 5.74) is 16.0. The van der Waals surface area contributed by atoms with E-state index in [1.807, 2.05) is 60.7 Å². The van der Waals surface area contributed by atoms with Gasteiger partial charge >= 0.3 is 0 Å². The van der Waals surface area contributed by atoms with E-state index in [-0.39, 0.29) is 6.42 Å². The second-order valence-corrected chi connectivity index (χ2v) is 6.41. The van der Waals surface area contributed by atoms with Crippen LogP contribution in [0, 0.1) is 0 Å². The predicted molar refractivity (Wildman–Crippen MR) is 98.7 cm³/mol. The van der Waals surface area contributed by atoms with Gasteiger partial charge in [-0.05, 0) is 37.4 Å². The average molecular weight is 339 g/mol. The van der Waals surface area contributed by atoms with E-state index in [1.54, 1.807) is 6.92 Å². The third-order valence-electron chi connectivity index (χ3n) is 4.78. The van der Waals surface area contributed by atoms with E-state index in [2.05, 4.69) is 0 Å². The molecule has 0 aromatic heterocycles. The highest BCUT2D eigenvalue weighted by atomic mass is 16.2. The first-order valence-electron chi connectivity index (χ1n) is 8.32. The van der Waals surface area contributed by atoms with Crippen LogP contribution in [-0.2, 0) is 15.0 Å². The van der Waals surface area contributed by atoms with Gasteiger partial charge in [0, 0.05) is 0 Å². The van der Waals surface area contributed by atoms with E-state index in [1.165, 1.54) is 0 Å². The summed E-state index contributed by atoms with van der Waals surface area (Å²) < 4.78 is 0. The van der Waals surface area contributed by atoms with Crippen LogP contribution in [0.3, 0.4) is 0 Å². The molecule has 0 saturated carbocycles. The zero-order valence-corrected chi connectivity index (χ0v) is 14.4. The summed E-state index contributed by atoms with van der Waals surface area (Å²) in [6.45, 7) is 2.11. The molecule has 1 atom stereocenters. The van der Waals surface area contributed by atoms with Gasteiger partial charge in [-0.15, -0.1) is 0 Å². The van der Waals surface area contributed by atoms with Crippen molar-refractivity contribution < 1.29 is 9.59 Å². The lowest BCUT2D eigenvalue weighted by molar-refractivity contribution is -0.137. The van der Waals surface area contributed by atoms with Crippen LogP contribution in [0.1, 0.15) is 30.9 Å². The molecule has 0 fully saturated rings. The summed E-state index contributed by atoms with van der Waals surface area (Å²) in [6, 6.07) is 18.6. The number of nitrogens with two attached hydrogens (primary N) is 3. The molecule has 132 valence electrons. The van der Waals surface area contributed by atoms with Gasteiger partial charge in [-0.1, -0.05) is 60.7 Å². The maximum Gasteiger partial charge on any atom is 0.245 e. The van der Waals surface area contributed by atoms with Gasteiger partial charge in [0.05, 0.1) is 5.41 Å². The lowest BCUT2D eigenvalue weighted by Crippen LogP contribution is -2.63. The molecule has 0 heterocycles. The van der Waals surface area contributed by atoms with E-state index in [0.29, 0.717) is 13.0 Å². The van der Waals surface area contributed by atoms with E-state index in [4.69, 9.17) is 17.2 Å². The molecular weight excluding hydrogens is 314 g/mol. The second-order valence-electron chi connectivity index (χ2n) is 6.41. The van der Waals surface area contributed by atoms with Crippen molar-refractivity contribution in [2.24, 2.45) is 17.2 Å². The Morgan fingerprint density at radius 3 is 1.72 bits per heavy atom. The number of carbonyl (C=O) groups is 2. The number of rotatable bonds is 8. The molecule has 25 heavy (non-hydrogen) atoms. The van der Waals surface area contributed by atoms with Crippen LogP contribution in [0.15, 0.2) is 60.7 Å². The van der Waals surface area contributed by atoms with Crippen molar-refractivity contribution in [2.45, 2.75) is 30.7 Å². The topological polar surface area (TPSA) is 112 Å². The summed E-state index contributed by atoms with van der Waals surface area (Å²) in [6.07, 6.45) is 0.553. The van der Waals surface area contributed by atoms with Crippen LogP contribution in [0.2, 0.25) is 0 Å². The van der Waals surface area contributed by atoms with Gasteiger partial charge in [-0.3, -0.25) is 9.59 Å². The Kier molecular flexibility index (Phi) is 5.72. The second kappa shape index (κ2) is 7.59. The van der Waals surface area contributed by atoms with Crippen LogP contribution >= 0.6 is 0 Å². The van der Waals surface area contributed by atoms with Crippen molar-refractivity contribution in [2.75, 3.05) is 6.54 Å². The SMILES string of the molecule is CC(C(=O)[C@](N)(CCCN)C(N)=O)(c1ccccc1)c1ccccc1. The van der Waals surface area contributed by atoms with E-state index in [0.717, 1.165) is 11.1 Å². The molecule has 0 aliphatic rings. The molecule has 0 saturated heterocycles. The molecule has 2 rings (SSSR count). The molecule has 1 amide bonds. The first kappa shape index (κ1) is 18.8. The quantitative estimate of drug-likeness (QED) is 0.632. The van der Waals surface area contributed by atoms with Crippen molar-refractivity contribution >= 4 is 11.7 Å². The molecule has 0 spiro atoms. The van der Waals surface area contributed by atoms with E-state index in [9.17, 15) is 9.59 Å². The summed E-state index contributed by atoms with van der Waals surface area (Å²) in [5.74, 6) is -1.25. The monoisotopic (exact) mass is 339 g/mol. The zero-order valence-electron chi connectivity index (χ0n) is 14.4. The van der Waals surface area contributed by atoms with Crippen molar-refractivity contribution in [3.05, 3.63) is 71.8 Å². The normalized spacial score (nSPS) is 13.9. The van der Waals surface area contributed by atoms with Gasteiger partial charge in [0.15, 0.2) is 11.3 Å². The zero-order chi connectivity index (χ0) is 18.5. The van der Waals surface area contributed by atoms with Crippen LogP contribution in [0.25, 0.3) is 0 Å². The fourth-order valence-corrected chi connectivity index (χ4v) is 3.15. The molecule has 0 aliphatic carbocycles. The van der Waals surface area contributed by atoms with Crippen LogP contribution in [-0.4, -0.2) is 23.8 Å². The first-order valence-corrected chi connectivity index (χ1v) is 8.32. The lowest BCUT2D eigenvalue weighted by atomic mass is 9.66. The van der Waals surface area contributed by atoms with Crippen LogP contribution in [0.4, 0.5) is 0 Å². The van der Waals surface area contributed by atoms with Crippen molar-refractivity contribution in [1.82, 2.24) is 0 Å². The number of carbonyl (C=O) groups excluding carboxylic acids is 2. The van der Waals surface area contributed by atoms with Gasteiger partial charge < -0.3 is 17.2 Å². The van der Waals surface area contributed by atoms with Crippen molar-refractivity contribution in [3.8, 4) is 0 Å². The van der Waals surface area contributed by atoms with E-state index >= 15 is 0 Å². The highest BCUT2D eigenvalue weighted by molar-refractivity contribution is 6.15. The van der Waals surface area contributed by atoms with Gasteiger partial charge in [-0.2, -0.15) is 0 Å². The largest absolute Gasteiger partial charge is 0.368 e. The minimum absolute atomic E-state index is 0.118. The predicted octanol–water partition coefficient (Wildman–Crippen LogP) is 1.48. The molecule has 5 nitrogen and oxygen atoms in total. The molecule has 0 bridgehead atoms. The van der Waals surface area contributed by atoms with E-state index < -0.39 is 22.6 Å². The third kappa shape index (κ3) is 3.48. The van der Waals surface area contributed by atoms with Crippen LogP contribution < -0.4 is 17.2 Å². The summed E-state index contributed by atoms with van der Waals surface area (Å²) >= 11 is 0. The number of hydrogen-bond acceptors (Lipinski definition) is 4. The standard InChI is InChI=1S/C20H25N3O2/c1-19(15-9-4-2-5-10-15,16-11-6-3-7-12-16)17(24)20(23,18(22)25)13-8-14-21/h2-7,9-12H,8,13-14,21,23H2,1H3,(H2,22,25)/t20-/m1/s1. The maximum absolute atomic E-state index is 13.6. The van der Waals surface area contributed by atoms with Gasteiger partial charge in [0.1, 0.15) is 0 Å². The Balaban J connectivity index is 2.63. The Bertz CT molecular complexity index is 692. The van der Waals surface area contributed by atoms with Gasteiger partial charge in [0.2, 0.25) is 5.91 Å². The number of benzene rings is 2. The van der Waals surface area contributed by atoms with Crippen molar-refractivity contribution in [1.29, 1.82) is 0 Å². The number of amides is 1. The average Bonchev–Trinajstić information content (AvgIpc) is 2.66. The minimum atomic E-state index is -1.78. The molecule has 0 unspecified atom stereocenters. The summed E-state index contributed by atoms with van der Waals surface area (Å²) in [4.78, 5) is 25.7. The number of ketones is 1. The highest BCUT2D eigenvalue weighted by Gasteiger charge is 2.50. The Morgan fingerprint density at radius 1 is 0.920 bits per heavy atom. The fraction of sp³-hybridized carbons (Fsp3) is 0.300. The van der Waals surface area contributed by atoms with Crippen molar-refractivity contribution in [3.63, 3.8) is 0 Å². The number of Topliss-reactive ketones (excluding diaryl/α,β-unsaturated/α-hetero) is 1. The molecular formula is C20H25N3O2. The first-order chi connectivity index (χ1) is 11.9. The van der Waals surface area contributed by atoms with Crippen LogP contribution in [0.5, 0.6) is 0 Å². The molecule has 0 aliphatic heterocycles. The lowest BCUT2D eigenvalue weighted by Gasteiger charge is -2.37. The highest BCUT2D eigenvalue weighted by Crippen LogP contribution is 2.36. The number of primary amides is 1. The molecule has 2 aromatic rings. The van der Waals surface area contributed by atoms with Gasteiger partial charge in [0.25, 0.3) is 0 Å². The molecule has 6 N–H and O–H groups in total. The van der Waals surface area contributed by atoms with Gasteiger partial charge in [-0.25, -0.2) is 0 Å². The summed E-state index contributed by atoms with van der Waals surface area (Å²) in [7, 11) is 0. The Hall–Kier alpha value is -2.50. The number of hydrogen-bond donors (Lipinski definition) is 3. The molecule has 2 aromatic carbocycles. The fourth-order valence-electron chi connectivity index (χ4n) is 3.15.